The first-order valence-electron chi connectivity index (χ1n) is 6.15. The van der Waals surface area contributed by atoms with Crippen LogP contribution in [0, 0.1) is 0 Å². The zero-order valence-electron chi connectivity index (χ0n) is 11.1. The van der Waals surface area contributed by atoms with Crippen molar-refractivity contribution in [3.8, 4) is 34.3 Å². The molecule has 3 aromatic rings. The van der Waals surface area contributed by atoms with Gasteiger partial charge in [0.05, 0.1) is 17.7 Å². The van der Waals surface area contributed by atoms with Crippen molar-refractivity contribution in [1.29, 1.82) is 0 Å². The van der Waals surface area contributed by atoms with Crippen molar-refractivity contribution in [1.82, 2.24) is 10.1 Å². The van der Waals surface area contributed by atoms with Gasteiger partial charge in [-0.3, -0.25) is 0 Å². The summed E-state index contributed by atoms with van der Waals surface area (Å²) in [6.45, 7) is 0. The summed E-state index contributed by atoms with van der Waals surface area (Å²) < 4.78 is 10.3. The van der Waals surface area contributed by atoms with Crippen LogP contribution < -0.4 is 4.74 Å². The Kier molecular flexibility index (Phi) is 3.50. The summed E-state index contributed by atoms with van der Waals surface area (Å²) in [4.78, 5) is 4.27. The van der Waals surface area contributed by atoms with Crippen LogP contribution in [0.15, 0.2) is 47.0 Å². The lowest BCUT2D eigenvalue weighted by Crippen LogP contribution is -1.86. The minimum Gasteiger partial charge on any atom is -0.507 e. The second-order valence-electron chi connectivity index (χ2n) is 4.29. The number of phenols is 1. The van der Waals surface area contributed by atoms with E-state index in [0.717, 1.165) is 0 Å². The monoisotopic (exact) mass is 302 g/mol. The van der Waals surface area contributed by atoms with E-state index in [-0.39, 0.29) is 11.6 Å². The highest BCUT2D eigenvalue weighted by Crippen LogP contribution is 2.33. The van der Waals surface area contributed by atoms with Crippen molar-refractivity contribution in [2.24, 2.45) is 0 Å². The maximum atomic E-state index is 9.91. The molecule has 0 fully saturated rings. The van der Waals surface area contributed by atoms with Crippen LogP contribution in [-0.4, -0.2) is 22.4 Å². The summed E-state index contributed by atoms with van der Waals surface area (Å²) in [5.41, 5.74) is 1.07. The number of benzene rings is 2. The smallest absolute Gasteiger partial charge is 0.262 e. The fourth-order valence-corrected chi connectivity index (χ4v) is 2.12. The zero-order valence-corrected chi connectivity index (χ0v) is 11.8. The third kappa shape index (κ3) is 2.55. The minimum atomic E-state index is 0.0326. The molecule has 0 aliphatic heterocycles. The summed E-state index contributed by atoms with van der Waals surface area (Å²) in [7, 11) is 1.54. The molecule has 0 unspecified atom stereocenters. The number of hydrogen-bond acceptors (Lipinski definition) is 5. The molecule has 5 nitrogen and oxygen atoms in total. The van der Waals surface area contributed by atoms with E-state index in [1.165, 1.54) is 6.07 Å². The molecule has 0 amide bonds. The Hall–Kier alpha value is -2.53. The van der Waals surface area contributed by atoms with Crippen molar-refractivity contribution in [3.63, 3.8) is 0 Å². The van der Waals surface area contributed by atoms with Gasteiger partial charge in [0, 0.05) is 5.56 Å². The first-order valence-corrected chi connectivity index (χ1v) is 6.53. The van der Waals surface area contributed by atoms with Crippen LogP contribution >= 0.6 is 11.6 Å². The van der Waals surface area contributed by atoms with Gasteiger partial charge in [0.15, 0.2) is 0 Å². The molecule has 0 saturated carbocycles. The van der Waals surface area contributed by atoms with Crippen LogP contribution in [0.3, 0.4) is 0 Å². The van der Waals surface area contributed by atoms with Crippen molar-refractivity contribution in [3.05, 3.63) is 47.5 Å². The molecular formula is C15H11ClN2O3. The van der Waals surface area contributed by atoms with Gasteiger partial charge >= 0.3 is 0 Å². The zero-order chi connectivity index (χ0) is 14.8. The van der Waals surface area contributed by atoms with Gasteiger partial charge in [0.25, 0.3) is 5.89 Å². The lowest BCUT2D eigenvalue weighted by atomic mass is 10.2. The van der Waals surface area contributed by atoms with E-state index >= 15 is 0 Å². The molecule has 0 atom stereocenters. The van der Waals surface area contributed by atoms with Crippen molar-refractivity contribution in [2.75, 3.05) is 7.11 Å². The summed E-state index contributed by atoms with van der Waals surface area (Å²) in [5, 5.41) is 14.3. The molecule has 2 aromatic carbocycles. The van der Waals surface area contributed by atoms with Crippen molar-refractivity contribution >= 4 is 11.6 Å². The first-order chi connectivity index (χ1) is 10.2. The average molecular weight is 303 g/mol. The molecule has 3 rings (SSSR count). The molecule has 0 aliphatic carbocycles. The fourth-order valence-electron chi connectivity index (χ4n) is 1.90. The topological polar surface area (TPSA) is 68.4 Å². The number of aromatic nitrogens is 2. The van der Waals surface area contributed by atoms with Gasteiger partial charge in [-0.25, -0.2) is 0 Å². The van der Waals surface area contributed by atoms with Gasteiger partial charge in [-0.15, -0.1) is 0 Å². The molecule has 1 aromatic heterocycles. The normalized spacial score (nSPS) is 10.6. The number of hydrogen-bond donors (Lipinski definition) is 1. The van der Waals surface area contributed by atoms with Gasteiger partial charge < -0.3 is 14.4 Å². The Labute approximate surface area is 125 Å². The molecule has 0 spiro atoms. The summed E-state index contributed by atoms with van der Waals surface area (Å²) >= 11 is 6.10. The van der Waals surface area contributed by atoms with Gasteiger partial charge in [-0.05, 0) is 30.3 Å². The third-order valence-electron chi connectivity index (χ3n) is 2.97. The first kappa shape index (κ1) is 13.5. The van der Waals surface area contributed by atoms with Crippen LogP contribution in [-0.2, 0) is 0 Å². The van der Waals surface area contributed by atoms with Crippen molar-refractivity contribution in [2.45, 2.75) is 0 Å². The lowest BCUT2D eigenvalue weighted by Gasteiger charge is -2.03. The van der Waals surface area contributed by atoms with Gasteiger partial charge in [-0.1, -0.05) is 28.9 Å². The number of halogens is 1. The van der Waals surface area contributed by atoms with Crippen molar-refractivity contribution < 1.29 is 14.4 Å². The third-order valence-corrected chi connectivity index (χ3v) is 3.30. The Morgan fingerprint density at radius 3 is 2.71 bits per heavy atom. The molecule has 0 saturated heterocycles. The minimum absolute atomic E-state index is 0.0326. The molecule has 1 N–H and O–H groups in total. The summed E-state index contributed by atoms with van der Waals surface area (Å²) in [5.74, 6) is 1.17. The van der Waals surface area contributed by atoms with E-state index in [1.807, 2.05) is 12.1 Å². The molecule has 0 aliphatic rings. The molecular weight excluding hydrogens is 292 g/mol. The van der Waals surface area contributed by atoms with E-state index in [4.69, 9.17) is 20.9 Å². The average Bonchev–Trinajstić information content (AvgIpc) is 2.97. The molecule has 1 heterocycles. The molecule has 21 heavy (non-hydrogen) atoms. The second kappa shape index (κ2) is 5.46. The highest BCUT2D eigenvalue weighted by atomic mass is 35.5. The summed E-state index contributed by atoms with van der Waals surface area (Å²) in [6.07, 6.45) is 0. The van der Waals surface area contributed by atoms with E-state index in [0.29, 0.717) is 27.7 Å². The van der Waals surface area contributed by atoms with Crippen LogP contribution in [0.4, 0.5) is 0 Å². The fraction of sp³-hybridized carbons (Fsp3) is 0.0667. The van der Waals surface area contributed by atoms with Crippen LogP contribution in [0.25, 0.3) is 22.8 Å². The Morgan fingerprint density at radius 2 is 1.95 bits per heavy atom. The van der Waals surface area contributed by atoms with Gasteiger partial charge in [0.1, 0.15) is 11.5 Å². The second-order valence-corrected chi connectivity index (χ2v) is 4.69. The van der Waals surface area contributed by atoms with E-state index < -0.39 is 0 Å². The van der Waals surface area contributed by atoms with Crippen LogP contribution in [0.5, 0.6) is 11.5 Å². The number of nitrogens with zero attached hydrogens (tertiary/aromatic N) is 2. The van der Waals surface area contributed by atoms with E-state index in [9.17, 15) is 5.11 Å². The number of phenolic OH excluding ortho intramolecular Hbond substituents is 1. The SMILES string of the molecule is COc1ccc(O)c(-c2nc(-c3ccccc3Cl)no2)c1. The number of ether oxygens (including phenoxy) is 1. The highest BCUT2D eigenvalue weighted by Gasteiger charge is 2.16. The van der Waals surface area contributed by atoms with E-state index in [1.54, 1.807) is 31.4 Å². The Balaban J connectivity index is 2.05. The number of methoxy groups -OCH3 is 1. The van der Waals surface area contributed by atoms with E-state index in [2.05, 4.69) is 10.1 Å². The quantitative estimate of drug-likeness (QED) is 0.797. The molecule has 0 bridgehead atoms. The van der Waals surface area contributed by atoms with Crippen LogP contribution in [0.1, 0.15) is 0 Å². The van der Waals surface area contributed by atoms with Crippen LogP contribution in [0.2, 0.25) is 5.02 Å². The highest BCUT2D eigenvalue weighted by molar-refractivity contribution is 6.33. The van der Waals surface area contributed by atoms with Gasteiger partial charge in [-0.2, -0.15) is 4.98 Å². The Bertz CT molecular complexity index is 786. The standard InChI is InChI=1S/C15H11ClN2O3/c1-20-9-6-7-13(19)11(8-9)15-17-14(18-21-15)10-4-2-3-5-12(10)16/h2-8,19H,1H3. The largest absolute Gasteiger partial charge is 0.507 e. The summed E-state index contributed by atoms with van der Waals surface area (Å²) in [6, 6.07) is 12.0. The molecule has 0 radical (unpaired) electrons. The Morgan fingerprint density at radius 1 is 1.14 bits per heavy atom. The maximum Gasteiger partial charge on any atom is 0.262 e. The molecule has 106 valence electrons. The lowest BCUT2D eigenvalue weighted by molar-refractivity contribution is 0.408. The predicted molar refractivity (Wildman–Crippen MR) is 78.4 cm³/mol. The molecule has 6 heteroatoms. The number of aromatic hydroxyl groups is 1. The van der Waals surface area contributed by atoms with Gasteiger partial charge in [0.2, 0.25) is 5.82 Å². The number of rotatable bonds is 3. The predicted octanol–water partition coefficient (Wildman–Crippen LogP) is 3.77. The maximum absolute atomic E-state index is 9.91.